The van der Waals surface area contributed by atoms with Gasteiger partial charge in [0, 0.05) is 44.6 Å². The highest BCUT2D eigenvalue weighted by Gasteiger charge is 2.38. The smallest absolute Gasteiger partial charge is 0.323 e. The van der Waals surface area contributed by atoms with Crippen molar-refractivity contribution >= 4 is 5.97 Å². The first-order chi connectivity index (χ1) is 9.47. The van der Waals surface area contributed by atoms with E-state index in [-0.39, 0.29) is 18.1 Å². The van der Waals surface area contributed by atoms with Crippen molar-refractivity contribution in [1.82, 2.24) is 14.5 Å². The zero-order valence-corrected chi connectivity index (χ0v) is 12.7. The Kier molecular flexibility index (Phi) is 3.32. The largest absolute Gasteiger partial charge is 0.461 e. The number of nitrogens with zero attached hydrogens (tertiary/aromatic N) is 3. The quantitative estimate of drug-likeness (QED) is 0.771. The average Bonchev–Trinajstić information content (AvgIpc) is 2.89. The van der Waals surface area contributed by atoms with Gasteiger partial charge in [-0.15, -0.1) is 0 Å². The number of aromatic nitrogens is 2. The Bertz CT molecular complexity index is 535. The molecule has 0 N–H and O–H groups in total. The Morgan fingerprint density at radius 3 is 2.75 bits per heavy atom. The van der Waals surface area contributed by atoms with E-state index in [1.54, 1.807) is 0 Å². The molecule has 1 aromatic heterocycles. The van der Waals surface area contributed by atoms with Gasteiger partial charge in [-0.1, -0.05) is 13.8 Å². The van der Waals surface area contributed by atoms with Crippen LogP contribution in [0.2, 0.25) is 0 Å². The van der Waals surface area contributed by atoms with E-state index in [9.17, 15) is 4.79 Å². The zero-order chi connectivity index (χ0) is 14.4. The van der Waals surface area contributed by atoms with Crippen molar-refractivity contribution < 1.29 is 9.53 Å². The molecule has 110 valence electrons. The number of hydrogen-bond acceptors (Lipinski definition) is 4. The molecule has 3 rings (SSSR count). The first kappa shape index (κ1) is 13.6. The lowest BCUT2D eigenvalue weighted by Gasteiger charge is -2.29. The van der Waals surface area contributed by atoms with Crippen LogP contribution in [0.3, 0.4) is 0 Å². The minimum Gasteiger partial charge on any atom is -0.461 e. The second-order valence-electron chi connectivity index (χ2n) is 6.30. The van der Waals surface area contributed by atoms with Gasteiger partial charge in [0.15, 0.2) is 0 Å². The third kappa shape index (κ3) is 2.14. The van der Waals surface area contributed by atoms with Crippen LogP contribution in [0.15, 0.2) is 0 Å². The first-order valence-electron chi connectivity index (χ1n) is 7.46. The van der Waals surface area contributed by atoms with Crippen LogP contribution in [-0.2, 0) is 29.5 Å². The van der Waals surface area contributed by atoms with E-state index in [2.05, 4.69) is 30.4 Å². The van der Waals surface area contributed by atoms with Crippen molar-refractivity contribution in [3.05, 3.63) is 17.2 Å². The van der Waals surface area contributed by atoms with Gasteiger partial charge in [0.1, 0.15) is 18.0 Å². The fourth-order valence-electron chi connectivity index (χ4n) is 3.39. The van der Waals surface area contributed by atoms with Gasteiger partial charge in [-0.3, -0.25) is 9.69 Å². The Labute approximate surface area is 119 Å². The van der Waals surface area contributed by atoms with Gasteiger partial charge in [-0.05, 0) is 6.92 Å². The van der Waals surface area contributed by atoms with Gasteiger partial charge in [-0.2, -0.15) is 0 Å². The van der Waals surface area contributed by atoms with E-state index in [1.165, 1.54) is 5.69 Å². The van der Waals surface area contributed by atoms with Crippen molar-refractivity contribution in [2.24, 2.45) is 7.05 Å². The van der Waals surface area contributed by atoms with Crippen LogP contribution in [0.4, 0.5) is 0 Å². The molecule has 20 heavy (non-hydrogen) atoms. The molecular formula is C15H23N3O2. The van der Waals surface area contributed by atoms with Crippen LogP contribution >= 0.6 is 0 Å². The third-order valence-electron chi connectivity index (χ3n) is 4.42. The molecule has 1 fully saturated rings. The number of rotatable bonds is 2. The number of cyclic esters (lactones) is 1. The van der Waals surface area contributed by atoms with E-state index in [0.29, 0.717) is 5.92 Å². The second-order valence-corrected chi connectivity index (χ2v) is 6.30. The maximum atomic E-state index is 11.9. The number of esters is 1. The molecule has 1 saturated heterocycles. The summed E-state index contributed by atoms with van der Waals surface area (Å²) in [4.78, 5) is 18.9. The van der Waals surface area contributed by atoms with Gasteiger partial charge < -0.3 is 9.30 Å². The number of carbonyl (C=O) groups is 1. The van der Waals surface area contributed by atoms with E-state index in [4.69, 9.17) is 9.72 Å². The summed E-state index contributed by atoms with van der Waals surface area (Å²) in [6, 6.07) is -0.0809. The lowest BCUT2D eigenvalue weighted by molar-refractivity contribution is -0.145. The summed E-state index contributed by atoms with van der Waals surface area (Å²) in [5.41, 5.74) is 2.46. The van der Waals surface area contributed by atoms with Crippen LogP contribution in [-0.4, -0.2) is 39.1 Å². The van der Waals surface area contributed by atoms with Crippen molar-refractivity contribution in [3.63, 3.8) is 0 Å². The minimum absolute atomic E-state index is 0.0452. The van der Waals surface area contributed by atoms with Gasteiger partial charge in [-0.25, -0.2) is 4.98 Å². The highest BCUT2D eigenvalue weighted by molar-refractivity contribution is 5.78. The molecule has 2 unspecified atom stereocenters. The van der Waals surface area contributed by atoms with Crippen molar-refractivity contribution in [2.45, 2.75) is 58.2 Å². The second kappa shape index (κ2) is 4.88. The number of carbonyl (C=O) groups excluding carboxylic acids is 1. The van der Waals surface area contributed by atoms with Gasteiger partial charge in [0.2, 0.25) is 0 Å². The summed E-state index contributed by atoms with van der Waals surface area (Å²) in [5, 5.41) is 0. The van der Waals surface area contributed by atoms with Crippen LogP contribution in [0.1, 0.15) is 50.3 Å². The van der Waals surface area contributed by atoms with Gasteiger partial charge in [0.25, 0.3) is 0 Å². The third-order valence-corrected chi connectivity index (χ3v) is 4.42. The Balaban J connectivity index is 1.82. The Morgan fingerprint density at radius 1 is 1.40 bits per heavy atom. The van der Waals surface area contributed by atoms with Crippen molar-refractivity contribution in [3.8, 4) is 0 Å². The molecule has 3 heterocycles. The normalized spacial score (nSPS) is 26.9. The highest BCUT2D eigenvalue weighted by atomic mass is 16.6. The summed E-state index contributed by atoms with van der Waals surface area (Å²) in [6.45, 7) is 7.98. The molecule has 2 aliphatic heterocycles. The molecule has 0 aromatic carbocycles. The minimum atomic E-state index is -0.0809. The molecule has 0 aliphatic carbocycles. The number of hydrogen-bond donors (Lipinski definition) is 0. The monoisotopic (exact) mass is 277 g/mol. The maximum absolute atomic E-state index is 11.9. The van der Waals surface area contributed by atoms with Crippen LogP contribution in [0.5, 0.6) is 0 Å². The lowest BCUT2D eigenvalue weighted by Crippen LogP contribution is -2.42. The molecule has 0 radical (unpaired) electrons. The molecule has 0 saturated carbocycles. The Hall–Kier alpha value is -1.36. The number of imidazole rings is 1. The first-order valence-corrected chi connectivity index (χ1v) is 7.46. The Morgan fingerprint density at radius 2 is 2.15 bits per heavy atom. The SMILES string of the molecule is CC1CC(N2CCc3c(nc(C(C)C)n3C)C2)C(=O)O1. The van der Waals surface area contributed by atoms with Crippen molar-refractivity contribution in [1.29, 1.82) is 0 Å². The van der Waals surface area contributed by atoms with Crippen LogP contribution in [0.25, 0.3) is 0 Å². The van der Waals surface area contributed by atoms with Gasteiger partial charge >= 0.3 is 5.97 Å². The summed E-state index contributed by atoms with van der Waals surface area (Å²) in [6.07, 6.45) is 1.81. The summed E-state index contributed by atoms with van der Waals surface area (Å²) in [5.74, 6) is 1.50. The summed E-state index contributed by atoms with van der Waals surface area (Å²) < 4.78 is 7.51. The van der Waals surface area contributed by atoms with Crippen LogP contribution in [0, 0.1) is 0 Å². The average molecular weight is 277 g/mol. The molecule has 0 amide bonds. The fourth-order valence-corrected chi connectivity index (χ4v) is 3.39. The summed E-state index contributed by atoms with van der Waals surface area (Å²) in [7, 11) is 2.10. The number of fused-ring (bicyclic) bond motifs is 1. The molecule has 0 bridgehead atoms. The molecule has 2 aliphatic rings. The fraction of sp³-hybridized carbons (Fsp3) is 0.733. The molecule has 0 spiro atoms. The highest BCUT2D eigenvalue weighted by Crippen LogP contribution is 2.28. The van der Waals surface area contributed by atoms with Crippen molar-refractivity contribution in [2.75, 3.05) is 6.54 Å². The molecular weight excluding hydrogens is 254 g/mol. The molecule has 1 aromatic rings. The maximum Gasteiger partial charge on any atom is 0.323 e. The zero-order valence-electron chi connectivity index (χ0n) is 12.7. The van der Waals surface area contributed by atoms with E-state index in [0.717, 1.165) is 37.4 Å². The lowest BCUT2D eigenvalue weighted by atomic mass is 10.1. The predicted molar refractivity (Wildman–Crippen MR) is 75.4 cm³/mol. The standard InChI is InChI=1S/C15H23N3O2/c1-9(2)14-16-11-8-18(6-5-12(11)17(14)4)13-7-10(3)20-15(13)19/h9-10,13H,5-8H2,1-4H3. The molecule has 5 heteroatoms. The van der Waals surface area contributed by atoms with Crippen LogP contribution < -0.4 is 0 Å². The molecule has 2 atom stereocenters. The predicted octanol–water partition coefficient (Wildman–Crippen LogP) is 1.61. The summed E-state index contributed by atoms with van der Waals surface area (Å²) >= 11 is 0. The van der Waals surface area contributed by atoms with E-state index >= 15 is 0 Å². The van der Waals surface area contributed by atoms with E-state index in [1.807, 2.05) is 6.92 Å². The van der Waals surface area contributed by atoms with Gasteiger partial charge in [0.05, 0.1) is 5.69 Å². The topological polar surface area (TPSA) is 47.4 Å². The number of ether oxygens (including phenoxy) is 1. The van der Waals surface area contributed by atoms with E-state index < -0.39 is 0 Å². The molecule has 5 nitrogen and oxygen atoms in total.